The highest BCUT2D eigenvalue weighted by molar-refractivity contribution is 5.85. The molecule has 0 unspecified atom stereocenters. The lowest BCUT2D eigenvalue weighted by Crippen LogP contribution is -2.26. The number of halogens is 1. The Labute approximate surface area is 112 Å². The van der Waals surface area contributed by atoms with Crippen LogP contribution in [0.1, 0.15) is 24.5 Å². The summed E-state index contributed by atoms with van der Waals surface area (Å²) >= 11 is 0. The maximum atomic E-state index is 5.43. The van der Waals surface area contributed by atoms with Crippen LogP contribution in [0.2, 0.25) is 0 Å². The number of hydrogen-bond acceptors (Lipinski definition) is 4. The molecule has 2 aromatic rings. The van der Waals surface area contributed by atoms with Gasteiger partial charge in [-0.3, -0.25) is 0 Å². The number of nitrogens with zero attached hydrogens (tertiary/aromatic N) is 1. The highest BCUT2D eigenvalue weighted by atomic mass is 35.5. The fourth-order valence-electron chi connectivity index (χ4n) is 2.51. The minimum atomic E-state index is 0. The summed E-state index contributed by atoms with van der Waals surface area (Å²) in [4.78, 5) is 0. The van der Waals surface area contributed by atoms with Crippen molar-refractivity contribution in [1.29, 1.82) is 0 Å². The molecule has 1 fully saturated rings. The topological polar surface area (TPSA) is 47.3 Å². The molecule has 4 nitrogen and oxygen atoms in total. The van der Waals surface area contributed by atoms with Gasteiger partial charge in [0.25, 0.3) is 0 Å². The van der Waals surface area contributed by atoms with Crippen molar-refractivity contribution in [3.05, 3.63) is 23.9 Å². The molecule has 1 aromatic carbocycles. The average Bonchev–Trinajstić information content (AvgIpc) is 2.83. The minimum absolute atomic E-state index is 0. The molecule has 0 aliphatic carbocycles. The average molecular weight is 269 g/mol. The Balaban J connectivity index is 0.00000120. The number of methoxy groups -OCH3 is 1. The van der Waals surface area contributed by atoms with Gasteiger partial charge in [-0.05, 0) is 38.1 Å². The monoisotopic (exact) mass is 268 g/mol. The third kappa shape index (κ3) is 2.18. The number of benzene rings is 1. The number of rotatable bonds is 2. The summed E-state index contributed by atoms with van der Waals surface area (Å²) in [6.07, 6.45) is 2.25. The van der Waals surface area contributed by atoms with E-state index in [1.165, 1.54) is 0 Å². The predicted octanol–water partition coefficient (Wildman–Crippen LogP) is 2.73. The second-order valence-corrected chi connectivity index (χ2v) is 4.43. The normalized spacial score (nSPS) is 16.5. The summed E-state index contributed by atoms with van der Waals surface area (Å²) in [6.45, 7) is 2.12. The van der Waals surface area contributed by atoms with Crippen LogP contribution < -0.4 is 10.1 Å². The van der Waals surface area contributed by atoms with Crippen LogP contribution in [-0.2, 0) is 0 Å². The maximum Gasteiger partial charge on any atom is 0.208 e. The van der Waals surface area contributed by atoms with Crippen molar-refractivity contribution in [2.45, 2.75) is 18.8 Å². The molecule has 1 aliphatic heterocycles. The van der Waals surface area contributed by atoms with Gasteiger partial charge in [0.15, 0.2) is 5.75 Å². The molecule has 1 aromatic heterocycles. The first-order chi connectivity index (χ1) is 8.40. The number of para-hydroxylation sites is 1. The summed E-state index contributed by atoms with van der Waals surface area (Å²) in [6, 6.07) is 5.95. The van der Waals surface area contributed by atoms with Crippen LogP contribution in [0.5, 0.6) is 5.75 Å². The molecule has 1 saturated heterocycles. The summed E-state index contributed by atoms with van der Waals surface area (Å²) in [5.74, 6) is 1.26. The van der Waals surface area contributed by atoms with Crippen molar-refractivity contribution in [3.8, 4) is 5.75 Å². The zero-order valence-corrected chi connectivity index (χ0v) is 11.1. The van der Waals surface area contributed by atoms with Gasteiger partial charge in [-0.15, -0.1) is 12.4 Å². The quantitative estimate of drug-likeness (QED) is 0.910. The standard InChI is InChI=1S/C13H16N2O2.ClH/c1-16-11-4-2-3-10-12(15-17-13(10)11)9-5-7-14-8-6-9;/h2-4,9,14H,5-8H2,1H3;1H. The molecule has 18 heavy (non-hydrogen) atoms. The summed E-state index contributed by atoms with van der Waals surface area (Å²) < 4.78 is 10.7. The molecule has 0 amide bonds. The fraction of sp³-hybridized carbons (Fsp3) is 0.462. The smallest absolute Gasteiger partial charge is 0.208 e. The third-order valence-electron chi connectivity index (χ3n) is 3.44. The molecule has 98 valence electrons. The first-order valence-corrected chi connectivity index (χ1v) is 6.03. The molecule has 0 saturated carbocycles. The summed E-state index contributed by atoms with van der Waals surface area (Å²) in [7, 11) is 1.65. The number of hydrogen-bond donors (Lipinski definition) is 1. The van der Waals surface area contributed by atoms with Gasteiger partial charge < -0.3 is 14.6 Å². The SMILES string of the molecule is COc1cccc2c(C3CCNCC3)noc12.Cl. The predicted molar refractivity (Wildman–Crippen MR) is 72.7 cm³/mol. The van der Waals surface area contributed by atoms with E-state index >= 15 is 0 Å². The molecule has 0 spiro atoms. The Morgan fingerprint density at radius 1 is 1.33 bits per heavy atom. The van der Waals surface area contributed by atoms with Gasteiger partial charge in [0.05, 0.1) is 12.8 Å². The van der Waals surface area contributed by atoms with Gasteiger partial charge >= 0.3 is 0 Å². The van der Waals surface area contributed by atoms with Crippen molar-refractivity contribution < 1.29 is 9.26 Å². The maximum absolute atomic E-state index is 5.43. The molecule has 5 heteroatoms. The zero-order valence-electron chi connectivity index (χ0n) is 10.3. The molecular weight excluding hydrogens is 252 g/mol. The van der Waals surface area contributed by atoms with Gasteiger partial charge in [0.1, 0.15) is 0 Å². The van der Waals surface area contributed by atoms with Gasteiger partial charge in [0, 0.05) is 11.3 Å². The number of ether oxygens (including phenoxy) is 1. The highest BCUT2D eigenvalue weighted by Crippen LogP contribution is 2.34. The van der Waals surface area contributed by atoms with E-state index in [1.807, 2.05) is 12.1 Å². The van der Waals surface area contributed by atoms with Crippen LogP contribution in [0.25, 0.3) is 11.0 Å². The second-order valence-electron chi connectivity index (χ2n) is 4.43. The lowest BCUT2D eigenvalue weighted by atomic mass is 9.92. The van der Waals surface area contributed by atoms with Gasteiger partial charge in [-0.1, -0.05) is 11.2 Å². The van der Waals surface area contributed by atoms with Crippen LogP contribution in [0.3, 0.4) is 0 Å². The first-order valence-electron chi connectivity index (χ1n) is 6.03. The molecule has 0 bridgehead atoms. The fourth-order valence-corrected chi connectivity index (χ4v) is 2.51. The molecule has 1 N–H and O–H groups in total. The zero-order chi connectivity index (χ0) is 11.7. The summed E-state index contributed by atoms with van der Waals surface area (Å²) in [5.41, 5.74) is 1.85. The number of nitrogens with one attached hydrogen (secondary N) is 1. The van der Waals surface area contributed by atoms with Crippen molar-refractivity contribution in [1.82, 2.24) is 10.5 Å². The number of fused-ring (bicyclic) bond motifs is 1. The summed E-state index contributed by atoms with van der Waals surface area (Å²) in [5, 5.41) is 8.70. The van der Waals surface area contributed by atoms with E-state index < -0.39 is 0 Å². The molecule has 2 heterocycles. The lowest BCUT2D eigenvalue weighted by Gasteiger charge is -2.20. The van der Waals surface area contributed by atoms with Crippen molar-refractivity contribution >= 4 is 23.4 Å². The van der Waals surface area contributed by atoms with Crippen molar-refractivity contribution in [2.75, 3.05) is 20.2 Å². The molecule has 1 aliphatic rings. The van der Waals surface area contributed by atoms with Gasteiger partial charge in [-0.25, -0.2) is 0 Å². The van der Waals surface area contributed by atoms with E-state index in [2.05, 4.69) is 16.5 Å². The Bertz CT molecular complexity index is 521. The number of piperidine rings is 1. The Kier molecular flexibility index (Phi) is 4.09. The Morgan fingerprint density at radius 2 is 2.11 bits per heavy atom. The minimum Gasteiger partial charge on any atom is -0.493 e. The van der Waals surface area contributed by atoms with E-state index in [0.29, 0.717) is 5.92 Å². The van der Waals surface area contributed by atoms with Crippen molar-refractivity contribution in [3.63, 3.8) is 0 Å². The molecule has 0 atom stereocenters. The van der Waals surface area contributed by atoms with Gasteiger partial charge in [-0.2, -0.15) is 0 Å². The first kappa shape index (κ1) is 13.2. The van der Waals surface area contributed by atoms with Crippen LogP contribution in [0.15, 0.2) is 22.7 Å². The van der Waals surface area contributed by atoms with E-state index in [1.54, 1.807) is 7.11 Å². The highest BCUT2D eigenvalue weighted by Gasteiger charge is 2.22. The Morgan fingerprint density at radius 3 is 2.83 bits per heavy atom. The van der Waals surface area contributed by atoms with E-state index in [9.17, 15) is 0 Å². The second kappa shape index (κ2) is 5.59. The number of aromatic nitrogens is 1. The van der Waals surface area contributed by atoms with Crippen molar-refractivity contribution in [2.24, 2.45) is 0 Å². The van der Waals surface area contributed by atoms with Crippen LogP contribution in [0.4, 0.5) is 0 Å². The molecular formula is C13H17ClN2O2. The molecule has 0 radical (unpaired) electrons. The van der Waals surface area contributed by atoms with E-state index in [4.69, 9.17) is 9.26 Å². The largest absolute Gasteiger partial charge is 0.493 e. The lowest BCUT2D eigenvalue weighted by molar-refractivity contribution is 0.380. The Hall–Kier alpha value is -1.26. The van der Waals surface area contributed by atoms with Crippen LogP contribution in [0, 0.1) is 0 Å². The van der Waals surface area contributed by atoms with Crippen LogP contribution >= 0.6 is 12.4 Å². The molecule has 3 rings (SSSR count). The van der Waals surface area contributed by atoms with E-state index in [0.717, 1.165) is 48.3 Å². The van der Waals surface area contributed by atoms with E-state index in [-0.39, 0.29) is 12.4 Å². The third-order valence-corrected chi connectivity index (χ3v) is 3.44. The van der Waals surface area contributed by atoms with Crippen LogP contribution in [-0.4, -0.2) is 25.4 Å². The van der Waals surface area contributed by atoms with Gasteiger partial charge in [0.2, 0.25) is 5.58 Å².